The maximum absolute atomic E-state index is 2.36. The SMILES string of the molecule is CCCCc1ccc(CC2CCCCC2)cc1. The average molecular weight is 230 g/mol. The Morgan fingerprint density at radius 2 is 1.59 bits per heavy atom. The summed E-state index contributed by atoms with van der Waals surface area (Å²) in [6, 6.07) is 9.40. The summed E-state index contributed by atoms with van der Waals surface area (Å²) in [7, 11) is 0. The zero-order valence-corrected chi connectivity index (χ0v) is 11.3. The highest BCUT2D eigenvalue weighted by Gasteiger charge is 2.13. The van der Waals surface area contributed by atoms with Gasteiger partial charge in [-0.1, -0.05) is 69.7 Å². The number of unbranched alkanes of at least 4 members (excludes halogenated alkanes) is 1. The van der Waals surface area contributed by atoms with Gasteiger partial charge in [-0.15, -0.1) is 0 Å². The van der Waals surface area contributed by atoms with Gasteiger partial charge in [0.15, 0.2) is 0 Å². The van der Waals surface area contributed by atoms with Gasteiger partial charge in [-0.3, -0.25) is 0 Å². The third-order valence-electron chi connectivity index (χ3n) is 4.09. The first-order valence-electron chi connectivity index (χ1n) is 7.46. The van der Waals surface area contributed by atoms with Crippen LogP contribution in [0.25, 0.3) is 0 Å². The van der Waals surface area contributed by atoms with E-state index >= 15 is 0 Å². The Balaban J connectivity index is 1.84. The molecule has 0 radical (unpaired) electrons. The molecule has 1 aromatic carbocycles. The van der Waals surface area contributed by atoms with Crippen molar-refractivity contribution in [3.05, 3.63) is 35.4 Å². The molecular formula is C17H26. The molecular weight excluding hydrogens is 204 g/mol. The predicted octanol–water partition coefficient (Wildman–Crippen LogP) is 5.15. The van der Waals surface area contributed by atoms with Crippen molar-refractivity contribution in [1.29, 1.82) is 0 Å². The van der Waals surface area contributed by atoms with Crippen LogP contribution in [0.15, 0.2) is 24.3 Å². The van der Waals surface area contributed by atoms with Gasteiger partial charge in [0.2, 0.25) is 0 Å². The van der Waals surface area contributed by atoms with Crippen LogP contribution in [0, 0.1) is 5.92 Å². The molecule has 1 fully saturated rings. The van der Waals surface area contributed by atoms with Gasteiger partial charge in [0.05, 0.1) is 0 Å². The molecule has 0 bridgehead atoms. The Bertz CT molecular complexity index is 303. The first-order chi connectivity index (χ1) is 8.38. The van der Waals surface area contributed by atoms with Gasteiger partial charge in [-0.25, -0.2) is 0 Å². The smallest absolute Gasteiger partial charge is 0.0250 e. The largest absolute Gasteiger partial charge is 0.0654 e. The molecule has 1 aliphatic carbocycles. The van der Waals surface area contributed by atoms with Crippen molar-refractivity contribution < 1.29 is 0 Å². The molecule has 0 unspecified atom stereocenters. The molecule has 0 heterocycles. The maximum atomic E-state index is 2.36. The minimum Gasteiger partial charge on any atom is -0.0654 e. The highest BCUT2D eigenvalue weighted by atomic mass is 14.2. The van der Waals surface area contributed by atoms with Crippen LogP contribution in [0.1, 0.15) is 63.0 Å². The maximum Gasteiger partial charge on any atom is -0.0250 e. The molecule has 1 aliphatic rings. The third kappa shape index (κ3) is 4.18. The van der Waals surface area contributed by atoms with E-state index in [-0.39, 0.29) is 0 Å². The van der Waals surface area contributed by atoms with Crippen LogP contribution in [-0.2, 0) is 12.8 Å². The lowest BCUT2D eigenvalue weighted by molar-refractivity contribution is 0.356. The van der Waals surface area contributed by atoms with Crippen molar-refractivity contribution in [1.82, 2.24) is 0 Å². The molecule has 0 aliphatic heterocycles. The average Bonchev–Trinajstić information content (AvgIpc) is 2.39. The first kappa shape index (κ1) is 12.7. The van der Waals surface area contributed by atoms with Crippen molar-refractivity contribution >= 4 is 0 Å². The Labute approximate surface area is 106 Å². The van der Waals surface area contributed by atoms with Gasteiger partial charge in [0.1, 0.15) is 0 Å². The minimum absolute atomic E-state index is 0.963. The summed E-state index contributed by atoms with van der Waals surface area (Å²) in [5.74, 6) is 0.963. The van der Waals surface area contributed by atoms with Gasteiger partial charge in [0.25, 0.3) is 0 Å². The molecule has 94 valence electrons. The molecule has 0 atom stereocenters. The summed E-state index contributed by atoms with van der Waals surface area (Å²) >= 11 is 0. The number of benzene rings is 1. The third-order valence-corrected chi connectivity index (χ3v) is 4.09. The van der Waals surface area contributed by atoms with Crippen molar-refractivity contribution in [2.24, 2.45) is 5.92 Å². The van der Waals surface area contributed by atoms with E-state index in [0.29, 0.717) is 0 Å². The summed E-state index contributed by atoms with van der Waals surface area (Å²) < 4.78 is 0. The van der Waals surface area contributed by atoms with Gasteiger partial charge in [-0.05, 0) is 36.3 Å². The highest BCUT2D eigenvalue weighted by Crippen LogP contribution is 2.26. The minimum atomic E-state index is 0.963. The second-order valence-corrected chi connectivity index (χ2v) is 5.63. The highest BCUT2D eigenvalue weighted by molar-refractivity contribution is 5.23. The summed E-state index contributed by atoms with van der Waals surface area (Å²) in [6.45, 7) is 2.26. The van der Waals surface area contributed by atoms with E-state index < -0.39 is 0 Å². The van der Waals surface area contributed by atoms with Crippen LogP contribution in [-0.4, -0.2) is 0 Å². The first-order valence-corrected chi connectivity index (χ1v) is 7.46. The number of hydrogen-bond acceptors (Lipinski definition) is 0. The quantitative estimate of drug-likeness (QED) is 0.656. The summed E-state index contributed by atoms with van der Waals surface area (Å²) in [5, 5.41) is 0. The fourth-order valence-electron chi connectivity index (χ4n) is 2.95. The summed E-state index contributed by atoms with van der Waals surface area (Å²) in [5.41, 5.74) is 3.07. The molecule has 17 heavy (non-hydrogen) atoms. The van der Waals surface area contributed by atoms with Crippen LogP contribution in [0.5, 0.6) is 0 Å². The van der Waals surface area contributed by atoms with Crippen molar-refractivity contribution in [2.75, 3.05) is 0 Å². The number of rotatable bonds is 5. The second kappa shape index (κ2) is 6.83. The monoisotopic (exact) mass is 230 g/mol. The van der Waals surface area contributed by atoms with E-state index in [1.807, 2.05) is 0 Å². The molecule has 0 nitrogen and oxygen atoms in total. The Morgan fingerprint density at radius 3 is 2.24 bits per heavy atom. The second-order valence-electron chi connectivity index (χ2n) is 5.63. The molecule has 0 amide bonds. The molecule has 0 aromatic heterocycles. The lowest BCUT2D eigenvalue weighted by Gasteiger charge is -2.21. The lowest BCUT2D eigenvalue weighted by Crippen LogP contribution is -2.09. The molecule has 0 saturated heterocycles. The zero-order valence-electron chi connectivity index (χ0n) is 11.3. The van der Waals surface area contributed by atoms with Crippen LogP contribution in [0.2, 0.25) is 0 Å². The summed E-state index contributed by atoms with van der Waals surface area (Å²) in [4.78, 5) is 0. The van der Waals surface area contributed by atoms with Gasteiger partial charge >= 0.3 is 0 Å². The van der Waals surface area contributed by atoms with Crippen molar-refractivity contribution in [3.63, 3.8) is 0 Å². The standard InChI is InChI=1S/C17H26/c1-2-3-7-15-10-12-17(13-11-15)14-16-8-5-4-6-9-16/h10-13,16H,2-9,14H2,1H3. The molecule has 2 rings (SSSR count). The van der Waals surface area contributed by atoms with Crippen LogP contribution >= 0.6 is 0 Å². The van der Waals surface area contributed by atoms with Crippen LogP contribution in [0.4, 0.5) is 0 Å². The fraction of sp³-hybridized carbons (Fsp3) is 0.647. The van der Waals surface area contributed by atoms with Crippen molar-refractivity contribution in [3.8, 4) is 0 Å². The number of hydrogen-bond donors (Lipinski definition) is 0. The lowest BCUT2D eigenvalue weighted by atomic mass is 9.85. The Morgan fingerprint density at radius 1 is 0.941 bits per heavy atom. The van der Waals surface area contributed by atoms with Gasteiger partial charge in [0, 0.05) is 0 Å². The van der Waals surface area contributed by atoms with Crippen LogP contribution in [0.3, 0.4) is 0 Å². The predicted molar refractivity (Wildman–Crippen MR) is 75.3 cm³/mol. The van der Waals surface area contributed by atoms with E-state index in [1.54, 1.807) is 5.56 Å². The molecule has 0 spiro atoms. The topological polar surface area (TPSA) is 0 Å². The van der Waals surface area contributed by atoms with E-state index in [0.717, 1.165) is 5.92 Å². The fourth-order valence-corrected chi connectivity index (χ4v) is 2.95. The normalized spacial score (nSPS) is 17.2. The molecule has 0 heteroatoms. The van der Waals surface area contributed by atoms with E-state index in [2.05, 4.69) is 31.2 Å². The zero-order chi connectivity index (χ0) is 11.9. The number of aryl methyl sites for hydroxylation is 1. The van der Waals surface area contributed by atoms with E-state index in [1.165, 1.54) is 63.4 Å². The van der Waals surface area contributed by atoms with E-state index in [9.17, 15) is 0 Å². The van der Waals surface area contributed by atoms with Crippen LogP contribution < -0.4 is 0 Å². The Kier molecular flexibility index (Phi) is 5.09. The molecule has 0 N–H and O–H groups in total. The van der Waals surface area contributed by atoms with Crippen molar-refractivity contribution in [2.45, 2.75) is 64.7 Å². The Hall–Kier alpha value is -0.780. The van der Waals surface area contributed by atoms with Gasteiger partial charge < -0.3 is 0 Å². The molecule has 1 saturated carbocycles. The molecule has 1 aromatic rings. The van der Waals surface area contributed by atoms with E-state index in [4.69, 9.17) is 0 Å². The summed E-state index contributed by atoms with van der Waals surface area (Å²) in [6.07, 6.45) is 12.5. The van der Waals surface area contributed by atoms with Gasteiger partial charge in [-0.2, -0.15) is 0 Å².